The number of nitrogens with zero attached hydrogens (tertiary/aromatic N) is 2. The third-order valence-corrected chi connectivity index (χ3v) is 2.50. The van der Waals surface area contributed by atoms with E-state index in [4.69, 9.17) is 4.74 Å². The van der Waals surface area contributed by atoms with E-state index in [9.17, 15) is 0 Å². The summed E-state index contributed by atoms with van der Waals surface area (Å²) < 4.78 is 5.46. The maximum absolute atomic E-state index is 5.46. The molecule has 0 amide bonds. The number of rotatable bonds is 2. The standard InChI is InChI=1S/C12H11N3O/c1-2-16-10-3-4-11-8(6-10)5-9-7-13-15-12(9)14-11/h3-7H,2H2,1H3,(H,13,14,15). The van der Waals surface area contributed by atoms with E-state index < -0.39 is 0 Å². The zero-order valence-corrected chi connectivity index (χ0v) is 8.90. The predicted molar refractivity (Wildman–Crippen MR) is 62.6 cm³/mol. The Balaban J connectivity index is 2.24. The SMILES string of the molecule is CCOc1ccc2nc3[nH]ncc3cc2c1. The molecular weight excluding hydrogens is 202 g/mol. The van der Waals surface area contributed by atoms with Crippen LogP contribution < -0.4 is 4.74 Å². The summed E-state index contributed by atoms with van der Waals surface area (Å²) in [5, 5.41) is 8.91. The van der Waals surface area contributed by atoms with Crippen molar-refractivity contribution < 1.29 is 4.74 Å². The summed E-state index contributed by atoms with van der Waals surface area (Å²) in [5.41, 5.74) is 1.76. The number of aromatic amines is 1. The monoisotopic (exact) mass is 213 g/mol. The molecule has 4 nitrogen and oxygen atoms in total. The first-order valence-corrected chi connectivity index (χ1v) is 5.23. The molecule has 3 rings (SSSR count). The second-order valence-corrected chi connectivity index (χ2v) is 3.58. The molecule has 0 radical (unpaired) electrons. The average molecular weight is 213 g/mol. The summed E-state index contributed by atoms with van der Waals surface area (Å²) in [4.78, 5) is 4.47. The van der Waals surface area contributed by atoms with Crippen LogP contribution in [0.5, 0.6) is 5.75 Å². The van der Waals surface area contributed by atoms with Gasteiger partial charge in [0.05, 0.1) is 18.3 Å². The number of H-pyrrole nitrogens is 1. The van der Waals surface area contributed by atoms with Crippen molar-refractivity contribution in [2.24, 2.45) is 0 Å². The summed E-state index contributed by atoms with van der Waals surface area (Å²) >= 11 is 0. The van der Waals surface area contributed by atoms with Gasteiger partial charge in [0.15, 0.2) is 5.65 Å². The summed E-state index contributed by atoms with van der Waals surface area (Å²) in [6, 6.07) is 7.95. The Morgan fingerprint density at radius 3 is 3.06 bits per heavy atom. The number of hydrogen-bond acceptors (Lipinski definition) is 3. The van der Waals surface area contributed by atoms with Crippen molar-refractivity contribution in [3.63, 3.8) is 0 Å². The molecule has 0 bridgehead atoms. The molecule has 0 aliphatic carbocycles. The predicted octanol–water partition coefficient (Wildman–Crippen LogP) is 2.51. The molecule has 2 aromatic heterocycles. The smallest absolute Gasteiger partial charge is 0.155 e. The highest BCUT2D eigenvalue weighted by Gasteiger charge is 2.02. The Hall–Kier alpha value is -2.10. The second kappa shape index (κ2) is 3.48. The first-order chi connectivity index (χ1) is 7.86. The van der Waals surface area contributed by atoms with Crippen molar-refractivity contribution >= 4 is 21.9 Å². The molecule has 0 saturated heterocycles. The van der Waals surface area contributed by atoms with Crippen LogP contribution in [-0.4, -0.2) is 21.8 Å². The van der Waals surface area contributed by atoms with Crippen LogP contribution in [0.25, 0.3) is 21.9 Å². The Kier molecular flexibility index (Phi) is 1.99. The molecule has 80 valence electrons. The van der Waals surface area contributed by atoms with E-state index in [2.05, 4.69) is 21.2 Å². The number of hydrogen-bond donors (Lipinski definition) is 1. The number of fused-ring (bicyclic) bond motifs is 2. The van der Waals surface area contributed by atoms with Crippen LogP contribution in [0.15, 0.2) is 30.5 Å². The third-order valence-electron chi connectivity index (χ3n) is 2.50. The number of benzene rings is 1. The molecule has 4 heteroatoms. The molecule has 0 aliphatic heterocycles. The molecule has 16 heavy (non-hydrogen) atoms. The number of nitrogens with one attached hydrogen (secondary N) is 1. The zero-order chi connectivity index (χ0) is 11.0. The first kappa shape index (κ1) is 9.15. The summed E-state index contributed by atoms with van der Waals surface area (Å²) in [5.74, 6) is 0.875. The van der Waals surface area contributed by atoms with E-state index in [1.54, 1.807) is 6.20 Å². The van der Waals surface area contributed by atoms with Crippen molar-refractivity contribution in [1.29, 1.82) is 0 Å². The van der Waals surface area contributed by atoms with Gasteiger partial charge in [-0.05, 0) is 31.2 Å². The van der Waals surface area contributed by atoms with Crippen LogP contribution in [0.3, 0.4) is 0 Å². The second-order valence-electron chi connectivity index (χ2n) is 3.58. The molecule has 1 aromatic carbocycles. The quantitative estimate of drug-likeness (QED) is 0.711. The molecule has 0 atom stereocenters. The molecule has 2 heterocycles. The highest BCUT2D eigenvalue weighted by atomic mass is 16.5. The minimum Gasteiger partial charge on any atom is -0.494 e. The van der Waals surface area contributed by atoms with Gasteiger partial charge in [0.1, 0.15) is 5.75 Å². The molecule has 0 spiro atoms. The fraction of sp³-hybridized carbons (Fsp3) is 0.167. The fourth-order valence-electron chi connectivity index (χ4n) is 1.78. The first-order valence-electron chi connectivity index (χ1n) is 5.23. The number of ether oxygens (including phenoxy) is 1. The molecule has 0 aliphatic rings. The highest BCUT2D eigenvalue weighted by Crippen LogP contribution is 2.22. The fourth-order valence-corrected chi connectivity index (χ4v) is 1.78. The Morgan fingerprint density at radius 2 is 2.19 bits per heavy atom. The van der Waals surface area contributed by atoms with Crippen LogP contribution in [0.2, 0.25) is 0 Å². The lowest BCUT2D eigenvalue weighted by Gasteiger charge is -2.04. The molecule has 3 aromatic rings. The zero-order valence-electron chi connectivity index (χ0n) is 8.90. The van der Waals surface area contributed by atoms with Gasteiger partial charge in [-0.2, -0.15) is 5.10 Å². The van der Waals surface area contributed by atoms with Crippen LogP contribution >= 0.6 is 0 Å². The summed E-state index contributed by atoms with van der Waals surface area (Å²) in [6.45, 7) is 2.65. The lowest BCUT2D eigenvalue weighted by Crippen LogP contribution is -1.91. The lowest BCUT2D eigenvalue weighted by atomic mass is 10.2. The summed E-state index contributed by atoms with van der Waals surface area (Å²) in [6.07, 6.45) is 1.77. The maximum Gasteiger partial charge on any atom is 0.155 e. The van der Waals surface area contributed by atoms with Gasteiger partial charge in [-0.15, -0.1) is 0 Å². The van der Waals surface area contributed by atoms with E-state index in [0.29, 0.717) is 6.61 Å². The Morgan fingerprint density at radius 1 is 1.25 bits per heavy atom. The van der Waals surface area contributed by atoms with Gasteiger partial charge in [-0.25, -0.2) is 4.98 Å². The molecule has 1 N–H and O–H groups in total. The largest absolute Gasteiger partial charge is 0.494 e. The number of aromatic nitrogens is 3. The van der Waals surface area contributed by atoms with Crippen molar-refractivity contribution in [2.45, 2.75) is 6.92 Å². The van der Waals surface area contributed by atoms with Crippen LogP contribution in [0.1, 0.15) is 6.92 Å². The van der Waals surface area contributed by atoms with Gasteiger partial charge in [0, 0.05) is 10.8 Å². The van der Waals surface area contributed by atoms with Gasteiger partial charge in [0.25, 0.3) is 0 Å². The van der Waals surface area contributed by atoms with E-state index in [-0.39, 0.29) is 0 Å². The maximum atomic E-state index is 5.46. The topological polar surface area (TPSA) is 50.8 Å². The Labute approximate surface area is 92.3 Å². The van der Waals surface area contributed by atoms with Gasteiger partial charge in [-0.3, -0.25) is 5.10 Å². The van der Waals surface area contributed by atoms with Crippen molar-refractivity contribution in [3.8, 4) is 5.75 Å². The molecule has 0 fully saturated rings. The highest BCUT2D eigenvalue weighted by molar-refractivity contribution is 5.91. The van der Waals surface area contributed by atoms with Gasteiger partial charge in [-0.1, -0.05) is 0 Å². The normalized spacial score (nSPS) is 11.1. The van der Waals surface area contributed by atoms with Gasteiger partial charge in [0.2, 0.25) is 0 Å². The third kappa shape index (κ3) is 1.39. The van der Waals surface area contributed by atoms with E-state index in [0.717, 1.165) is 27.7 Å². The van der Waals surface area contributed by atoms with Gasteiger partial charge < -0.3 is 4.74 Å². The minimum absolute atomic E-state index is 0.674. The number of pyridine rings is 1. The van der Waals surface area contributed by atoms with E-state index in [1.165, 1.54) is 0 Å². The van der Waals surface area contributed by atoms with Crippen molar-refractivity contribution in [3.05, 3.63) is 30.5 Å². The summed E-state index contributed by atoms with van der Waals surface area (Å²) in [7, 11) is 0. The average Bonchev–Trinajstić information content (AvgIpc) is 2.73. The Bertz CT molecular complexity index is 645. The molecule has 0 saturated carbocycles. The van der Waals surface area contributed by atoms with Crippen molar-refractivity contribution in [2.75, 3.05) is 6.61 Å². The minimum atomic E-state index is 0.674. The van der Waals surface area contributed by atoms with Gasteiger partial charge >= 0.3 is 0 Å². The van der Waals surface area contributed by atoms with Crippen LogP contribution in [0.4, 0.5) is 0 Å². The van der Waals surface area contributed by atoms with E-state index >= 15 is 0 Å². The van der Waals surface area contributed by atoms with Crippen molar-refractivity contribution in [1.82, 2.24) is 15.2 Å². The van der Waals surface area contributed by atoms with Crippen LogP contribution in [-0.2, 0) is 0 Å². The van der Waals surface area contributed by atoms with Crippen LogP contribution in [0, 0.1) is 0 Å². The molecule has 0 unspecified atom stereocenters. The molecular formula is C12H11N3O. The van der Waals surface area contributed by atoms with E-state index in [1.807, 2.05) is 25.1 Å². The lowest BCUT2D eigenvalue weighted by molar-refractivity contribution is 0.340.